The lowest BCUT2D eigenvalue weighted by molar-refractivity contribution is 0.0841. The smallest absolute Gasteiger partial charge is 0.402 e. The summed E-state index contributed by atoms with van der Waals surface area (Å²) in [6.07, 6.45) is 6.05. The van der Waals surface area contributed by atoms with Gasteiger partial charge in [0, 0.05) is 0 Å². The van der Waals surface area contributed by atoms with Crippen molar-refractivity contribution in [1.29, 1.82) is 0 Å². The molecule has 0 aromatic heterocycles. The number of allylic oxidation sites excluding steroid dienone is 2. The fourth-order valence-corrected chi connectivity index (χ4v) is 1.82. The van der Waals surface area contributed by atoms with Crippen LogP contribution in [0.3, 0.4) is 0 Å². The molecule has 0 saturated carbocycles. The lowest BCUT2D eigenvalue weighted by Crippen LogP contribution is -2.30. The first-order valence-electron chi connectivity index (χ1n) is 5.12. The van der Waals surface area contributed by atoms with Gasteiger partial charge in [0.25, 0.3) is 0 Å². The molecule has 1 heterocycles. The Bertz CT molecular complexity index is 235. The molecule has 0 aromatic carbocycles. The largest absolute Gasteiger partial charge is 0.490 e. The highest BCUT2D eigenvalue weighted by Gasteiger charge is 2.44. The van der Waals surface area contributed by atoms with Crippen molar-refractivity contribution in [3.63, 3.8) is 0 Å². The Morgan fingerprint density at radius 3 is 2.77 bits per heavy atom. The van der Waals surface area contributed by atoms with Crippen LogP contribution in [0.5, 0.6) is 0 Å². The Hall–Kier alpha value is -0.275. The molecule has 0 spiro atoms. The molecule has 1 atom stereocenters. The van der Waals surface area contributed by atoms with Crippen LogP contribution < -0.4 is 0 Å². The van der Waals surface area contributed by atoms with E-state index in [2.05, 4.69) is 26.8 Å². The van der Waals surface area contributed by atoms with Crippen molar-refractivity contribution in [2.45, 2.75) is 51.7 Å². The van der Waals surface area contributed by atoms with Crippen LogP contribution in [0.15, 0.2) is 11.5 Å². The monoisotopic (exact) mass is 180 g/mol. The van der Waals surface area contributed by atoms with Crippen LogP contribution in [0.25, 0.3) is 0 Å². The van der Waals surface area contributed by atoms with Gasteiger partial charge in [0.15, 0.2) is 0 Å². The Labute approximate surface area is 80.4 Å². The third-order valence-electron chi connectivity index (χ3n) is 3.10. The maximum Gasteiger partial charge on any atom is 0.490 e. The summed E-state index contributed by atoms with van der Waals surface area (Å²) in [5.74, 6) is 0. The first kappa shape index (κ1) is 9.29. The summed E-state index contributed by atoms with van der Waals surface area (Å²) in [7, 11) is -0.0625. The molecule has 1 aliphatic carbocycles. The quantitative estimate of drug-likeness (QED) is 0.576. The van der Waals surface area contributed by atoms with Gasteiger partial charge in [-0.15, -0.1) is 0 Å². The number of rotatable bonds is 1. The molecule has 0 aromatic rings. The van der Waals surface area contributed by atoms with Crippen molar-refractivity contribution in [1.82, 2.24) is 0 Å². The molecular formula is C10H17BO2. The number of hydrogen-bond donors (Lipinski definition) is 0. The van der Waals surface area contributed by atoms with Crippen molar-refractivity contribution in [3.8, 4) is 0 Å². The lowest BCUT2D eigenvalue weighted by atomic mass is 9.78. The molecule has 0 amide bonds. The minimum Gasteiger partial charge on any atom is -0.402 e. The molecule has 1 saturated heterocycles. The van der Waals surface area contributed by atoms with Gasteiger partial charge in [-0.25, -0.2) is 0 Å². The van der Waals surface area contributed by atoms with Crippen LogP contribution in [-0.4, -0.2) is 18.8 Å². The summed E-state index contributed by atoms with van der Waals surface area (Å²) < 4.78 is 11.6. The van der Waals surface area contributed by atoms with Gasteiger partial charge < -0.3 is 9.31 Å². The molecule has 0 bridgehead atoms. The molecule has 3 heteroatoms. The van der Waals surface area contributed by atoms with Crippen LogP contribution >= 0.6 is 0 Å². The van der Waals surface area contributed by atoms with Crippen molar-refractivity contribution in [2.24, 2.45) is 0 Å². The second-order valence-corrected chi connectivity index (χ2v) is 4.50. The summed E-state index contributed by atoms with van der Waals surface area (Å²) in [5, 5.41) is 0. The SMILES string of the molecule is CC1OB(C2=CCCC2)OC1(C)C. The van der Waals surface area contributed by atoms with Crippen LogP contribution in [0.1, 0.15) is 40.0 Å². The molecule has 72 valence electrons. The molecule has 13 heavy (non-hydrogen) atoms. The van der Waals surface area contributed by atoms with E-state index in [4.69, 9.17) is 9.31 Å². The minimum absolute atomic E-state index is 0.0625. The summed E-state index contributed by atoms with van der Waals surface area (Å²) in [5.41, 5.74) is 1.21. The fourth-order valence-electron chi connectivity index (χ4n) is 1.82. The average Bonchev–Trinajstić information content (AvgIpc) is 2.60. The van der Waals surface area contributed by atoms with Gasteiger partial charge in [0.05, 0.1) is 11.7 Å². The minimum atomic E-state index is -0.131. The molecule has 1 aliphatic heterocycles. The highest BCUT2D eigenvalue weighted by atomic mass is 16.7. The zero-order valence-electron chi connectivity index (χ0n) is 8.67. The van der Waals surface area contributed by atoms with Crippen LogP contribution in [0.4, 0.5) is 0 Å². The molecule has 0 radical (unpaired) electrons. The van der Waals surface area contributed by atoms with E-state index in [1.807, 2.05) is 0 Å². The topological polar surface area (TPSA) is 18.5 Å². The number of hydrogen-bond acceptors (Lipinski definition) is 2. The fraction of sp³-hybridized carbons (Fsp3) is 0.800. The van der Waals surface area contributed by atoms with Crippen molar-refractivity contribution in [2.75, 3.05) is 0 Å². The van der Waals surface area contributed by atoms with E-state index in [9.17, 15) is 0 Å². The van der Waals surface area contributed by atoms with E-state index in [-0.39, 0.29) is 18.8 Å². The van der Waals surface area contributed by atoms with E-state index in [0.29, 0.717) is 0 Å². The Balaban J connectivity index is 2.05. The zero-order chi connectivity index (χ0) is 9.47. The summed E-state index contributed by atoms with van der Waals surface area (Å²) in [4.78, 5) is 0. The second kappa shape index (κ2) is 3.14. The van der Waals surface area contributed by atoms with E-state index < -0.39 is 0 Å². The Kier molecular flexibility index (Phi) is 2.24. The lowest BCUT2D eigenvalue weighted by Gasteiger charge is -2.21. The molecule has 1 fully saturated rings. The van der Waals surface area contributed by atoms with Crippen molar-refractivity contribution < 1.29 is 9.31 Å². The predicted octanol–water partition coefficient (Wildman–Crippen LogP) is 2.34. The van der Waals surface area contributed by atoms with Gasteiger partial charge in [-0.3, -0.25) is 0 Å². The highest BCUT2D eigenvalue weighted by molar-refractivity contribution is 6.54. The Morgan fingerprint density at radius 1 is 1.54 bits per heavy atom. The molecule has 0 N–H and O–H groups in total. The van der Waals surface area contributed by atoms with Gasteiger partial charge in [0.1, 0.15) is 0 Å². The van der Waals surface area contributed by atoms with Crippen LogP contribution in [-0.2, 0) is 9.31 Å². The molecule has 2 nitrogen and oxygen atoms in total. The van der Waals surface area contributed by atoms with Crippen LogP contribution in [0, 0.1) is 0 Å². The average molecular weight is 180 g/mol. The molecule has 1 unspecified atom stereocenters. The maximum absolute atomic E-state index is 5.85. The van der Waals surface area contributed by atoms with E-state index in [1.165, 1.54) is 18.3 Å². The predicted molar refractivity (Wildman–Crippen MR) is 53.4 cm³/mol. The standard InChI is InChI=1S/C10H17BO2/c1-8-10(2,3)13-11(12-8)9-6-4-5-7-9/h6,8H,4-5,7H2,1-3H3. The summed E-state index contributed by atoms with van der Waals surface area (Å²) in [6.45, 7) is 6.26. The van der Waals surface area contributed by atoms with Gasteiger partial charge in [-0.2, -0.15) is 0 Å². The first-order chi connectivity index (χ1) is 6.09. The van der Waals surface area contributed by atoms with Gasteiger partial charge in [-0.05, 0) is 45.5 Å². The van der Waals surface area contributed by atoms with E-state index >= 15 is 0 Å². The van der Waals surface area contributed by atoms with Crippen molar-refractivity contribution in [3.05, 3.63) is 11.5 Å². The third kappa shape index (κ3) is 1.68. The molecule has 2 aliphatic rings. The molecular weight excluding hydrogens is 163 g/mol. The molecule has 2 rings (SSSR count). The zero-order valence-corrected chi connectivity index (χ0v) is 8.67. The maximum atomic E-state index is 5.85. The normalized spacial score (nSPS) is 32.4. The van der Waals surface area contributed by atoms with Gasteiger partial charge >= 0.3 is 7.12 Å². The van der Waals surface area contributed by atoms with Crippen LogP contribution in [0.2, 0.25) is 0 Å². The van der Waals surface area contributed by atoms with E-state index in [0.717, 1.165) is 6.42 Å². The van der Waals surface area contributed by atoms with Gasteiger partial charge in [0.2, 0.25) is 0 Å². The van der Waals surface area contributed by atoms with E-state index in [1.54, 1.807) is 0 Å². The second-order valence-electron chi connectivity index (χ2n) is 4.50. The Morgan fingerprint density at radius 2 is 2.31 bits per heavy atom. The first-order valence-corrected chi connectivity index (χ1v) is 5.12. The summed E-state index contributed by atoms with van der Waals surface area (Å²) >= 11 is 0. The third-order valence-corrected chi connectivity index (χ3v) is 3.10. The van der Waals surface area contributed by atoms with Gasteiger partial charge in [-0.1, -0.05) is 6.08 Å². The van der Waals surface area contributed by atoms with Crippen molar-refractivity contribution >= 4 is 7.12 Å². The highest BCUT2D eigenvalue weighted by Crippen LogP contribution is 2.33. The summed E-state index contributed by atoms with van der Waals surface area (Å²) in [6, 6.07) is 0.